The Labute approximate surface area is 114 Å². The van der Waals surface area contributed by atoms with Crippen LogP contribution < -0.4 is 5.32 Å². The van der Waals surface area contributed by atoms with E-state index in [1.807, 2.05) is 13.8 Å². The van der Waals surface area contributed by atoms with Crippen LogP contribution in [-0.4, -0.2) is 4.98 Å². The number of aromatic nitrogens is 1. The summed E-state index contributed by atoms with van der Waals surface area (Å²) in [6, 6.07) is 4.97. The van der Waals surface area contributed by atoms with Crippen LogP contribution in [0.3, 0.4) is 0 Å². The Morgan fingerprint density at radius 3 is 2.89 bits per heavy atom. The summed E-state index contributed by atoms with van der Waals surface area (Å²) in [7, 11) is 0. The van der Waals surface area contributed by atoms with Gasteiger partial charge in [-0.15, -0.1) is 0 Å². The van der Waals surface area contributed by atoms with Gasteiger partial charge in [-0.05, 0) is 47.5 Å². The van der Waals surface area contributed by atoms with Gasteiger partial charge in [-0.1, -0.05) is 6.07 Å². The molecule has 2 rings (SSSR count). The number of nitrogens with zero attached hydrogens (tertiary/aromatic N) is 1. The molecule has 0 saturated heterocycles. The van der Waals surface area contributed by atoms with E-state index in [1.54, 1.807) is 18.3 Å². The summed E-state index contributed by atoms with van der Waals surface area (Å²) in [5.41, 5.74) is 0.999. The van der Waals surface area contributed by atoms with Gasteiger partial charge < -0.3 is 9.73 Å². The summed E-state index contributed by atoms with van der Waals surface area (Å²) in [6.07, 6.45) is 1.70. The predicted molar refractivity (Wildman–Crippen MR) is 70.6 cm³/mol. The Kier molecular flexibility index (Phi) is 4.14. The maximum Gasteiger partial charge on any atom is 0.211 e. The van der Waals surface area contributed by atoms with Gasteiger partial charge >= 0.3 is 0 Å². The molecular formula is C13H14BrFN2O. The summed E-state index contributed by atoms with van der Waals surface area (Å²) in [6.45, 7) is 4.46. The third kappa shape index (κ3) is 3.17. The molecule has 1 atom stereocenters. The minimum Gasteiger partial charge on any atom is -0.444 e. The first-order valence-electron chi connectivity index (χ1n) is 5.66. The van der Waals surface area contributed by atoms with Crippen LogP contribution in [0.4, 0.5) is 4.39 Å². The third-order valence-electron chi connectivity index (χ3n) is 2.61. The number of rotatable bonds is 4. The highest BCUT2D eigenvalue weighted by Gasteiger charge is 2.10. The number of hydrogen-bond acceptors (Lipinski definition) is 3. The second-order valence-electron chi connectivity index (χ2n) is 4.16. The van der Waals surface area contributed by atoms with Crippen LogP contribution in [0.1, 0.15) is 30.2 Å². The van der Waals surface area contributed by atoms with Crippen LogP contribution in [0.15, 0.2) is 33.3 Å². The normalized spacial score (nSPS) is 12.7. The van der Waals surface area contributed by atoms with Gasteiger partial charge in [0.2, 0.25) is 5.89 Å². The number of nitrogens with one attached hydrogen (secondary N) is 1. The first-order valence-corrected chi connectivity index (χ1v) is 6.45. The largest absolute Gasteiger partial charge is 0.444 e. The summed E-state index contributed by atoms with van der Waals surface area (Å²) < 4.78 is 19.0. The van der Waals surface area contributed by atoms with Gasteiger partial charge in [0.1, 0.15) is 11.6 Å². The fraction of sp³-hybridized carbons (Fsp3) is 0.308. The molecule has 0 saturated carbocycles. The molecule has 1 N–H and O–H groups in total. The zero-order chi connectivity index (χ0) is 13.1. The molecule has 0 fully saturated rings. The molecule has 5 heteroatoms. The highest BCUT2D eigenvalue weighted by molar-refractivity contribution is 9.10. The van der Waals surface area contributed by atoms with Crippen LogP contribution in [-0.2, 0) is 6.54 Å². The van der Waals surface area contributed by atoms with E-state index >= 15 is 0 Å². The molecular weight excluding hydrogens is 299 g/mol. The topological polar surface area (TPSA) is 38.1 Å². The van der Waals surface area contributed by atoms with Crippen LogP contribution in [0.2, 0.25) is 0 Å². The maximum atomic E-state index is 13.1. The van der Waals surface area contributed by atoms with E-state index in [0.717, 1.165) is 11.3 Å². The highest BCUT2D eigenvalue weighted by Crippen LogP contribution is 2.18. The Hall–Kier alpha value is -1.20. The van der Waals surface area contributed by atoms with Gasteiger partial charge in [-0.3, -0.25) is 0 Å². The van der Waals surface area contributed by atoms with Gasteiger partial charge in [0.15, 0.2) is 0 Å². The van der Waals surface area contributed by atoms with Crippen molar-refractivity contribution in [2.75, 3.05) is 0 Å². The third-order valence-corrected chi connectivity index (χ3v) is 3.21. The van der Waals surface area contributed by atoms with Crippen molar-refractivity contribution in [1.82, 2.24) is 10.3 Å². The quantitative estimate of drug-likeness (QED) is 0.934. The van der Waals surface area contributed by atoms with Gasteiger partial charge in [-0.25, -0.2) is 9.37 Å². The number of aryl methyl sites for hydroxylation is 1. The van der Waals surface area contributed by atoms with Crippen molar-refractivity contribution in [3.8, 4) is 0 Å². The molecule has 96 valence electrons. The molecule has 0 spiro atoms. The average Bonchev–Trinajstić information content (AvgIpc) is 2.77. The van der Waals surface area contributed by atoms with E-state index in [1.165, 1.54) is 6.07 Å². The van der Waals surface area contributed by atoms with Crippen molar-refractivity contribution >= 4 is 15.9 Å². The lowest BCUT2D eigenvalue weighted by atomic mass is 10.2. The first kappa shape index (κ1) is 13.2. The number of hydrogen-bond donors (Lipinski definition) is 1. The summed E-state index contributed by atoms with van der Waals surface area (Å²) in [4.78, 5) is 4.16. The Morgan fingerprint density at radius 2 is 2.28 bits per heavy atom. The fourth-order valence-electron chi connectivity index (χ4n) is 1.58. The van der Waals surface area contributed by atoms with Crippen LogP contribution >= 0.6 is 15.9 Å². The van der Waals surface area contributed by atoms with E-state index in [4.69, 9.17) is 4.42 Å². The number of benzene rings is 1. The Bertz CT molecular complexity index is 542. The molecule has 1 unspecified atom stereocenters. The highest BCUT2D eigenvalue weighted by atomic mass is 79.9. The molecule has 0 aliphatic carbocycles. The van der Waals surface area contributed by atoms with Gasteiger partial charge in [-0.2, -0.15) is 0 Å². The molecule has 0 amide bonds. The molecule has 1 heterocycles. The molecule has 18 heavy (non-hydrogen) atoms. The SMILES string of the molecule is Cc1cnc(C(C)NCc2ccc(F)c(Br)c2)o1. The molecule has 0 radical (unpaired) electrons. The minimum absolute atomic E-state index is 0.0162. The fourth-order valence-corrected chi connectivity index (χ4v) is 2.01. The molecule has 0 aliphatic rings. The summed E-state index contributed by atoms with van der Waals surface area (Å²) in [5, 5.41) is 3.28. The summed E-state index contributed by atoms with van der Waals surface area (Å²) >= 11 is 3.17. The molecule has 0 bridgehead atoms. The lowest BCUT2D eigenvalue weighted by Crippen LogP contribution is -2.18. The van der Waals surface area contributed by atoms with Gasteiger partial charge in [0.05, 0.1) is 16.7 Å². The monoisotopic (exact) mass is 312 g/mol. The standard InChI is InChI=1S/C13H14BrFN2O/c1-8-6-17-13(18-8)9(2)16-7-10-3-4-12(15)11(14)5-10/h3-6,9,16H,7H2,1-2H3. The molecule has 2 aromatic rings. The summed E-state index contributed by atoms with van der Waals surface area (Å²) in [5.74, 6) is 1.20. The van der Waals surface area contributed by atoms with Crippen molar-refractivity contribution in [2.45, 2.75) is 26.4 Å². The lowest BCUT2D eigenvalue weighted by Gasteiger charge is -2.10. The van der Waals surface area contributed by atoms with Crippen molar-refractivity contribution in [3.05, 3.63) is 51.9 Å². The van der Waals surface area contributed by atoms with Crippen molar-refractivity contribution in [1.29, 1.82) is 0 Å². The first-order chi connectivity index (χ1) is 8.56. The Morgan fingerprint density at radius 1 is 1.50 bits per heavy atom. The molecule has 1 aromatic carbocycles. The van der Waals surface area contributed by atoms with E-state index in [0.29, 0.717) is 16.9 Å². The molecule has 0 aliphatic heterocycles. The average molecular weight is 313 g/mol. The van der Waals surface area contributed by atoms with Crippen LogP contribution in [0, 0.1) is 12.7 Å². The lowest BCUT2D eigenvalue weighted by molar-refractivity contribution is 0.402. The Balaban J connectivity index is 1.97. The second-order valence-corrected chi connectivity index (χ2v) is 5.01. The van der Waals surface area contributed by atoms with Crippen molar-refractivity contribution < 1.29 is 8.81 Å². The van der Waals surface area contributed by atoms with Crippen molar-refractivity contribution in [2.24, 2.45) is 0 Å². The molecule has 1 aromatic heterocycles. The van der Waals surface area contributed by atoms with E-state index in [9.17, 15) is 4.39 Å². The van der Waals surface area contributed by atoms with Gasteiger partial charge in [0.25, 0.3) is 0 Å². The number of halogens is 2. The predicted octanol–water partition coefficient (Wildman–Crippen LogP) is 3.74. The molecule has 3 nitrogen and oxygen atoms in total. The smallest absolute Gasteiger partial charge is 0.211 e. The maximum absolute atomic E-state index is 13.1. The zero-order valence-corrected chi connectivity index (χ0v) is 11.8. The van der Waals surface area contributed by atoms with Gasteiger partial charge in [0, 0.05) is 6.54 Å². The zero-order valence-electron chi connectivity index (χ0n) is 10.2. The van der Waals surface area contributed by atoms with Crippen molar-refractivity contribution in [3.63, 3.8) is 0 Å². The van der Waals surface area contributed by atoms with Crippen LogP contribution in [0.25, 0.3) is 0 Å². The number of oxazole rings is 1. The minimum atomic E-state index is -0.255. The van der Waals surface area contributed by atoms with Crippen LogP contribution in [0.5, 0.6) is 0 Å². The second kappa shape index (κ2) is 5.63. The van der Waals surface area contributed by atoms with E-state index in [2.05, 4.69) is 26.2 Å². The van der Waals surface area contributed by atoms with E-state index < -0.39 is 0 Å². The van der Waals surface area contributed by atoms with E-state index in [-0.39, 0.29) is 11.9 Å².